The fourth-order valence-corrected chi connectivity index (χ4v) is 6.18. The highest BCUT2D eigenvalue weighted by molar-refractivity contribution is 7.89. The van der Waals surface area contributed by atoms with Crippen LogP contribution in [0.2, 0.25) is 0 Å². The minimum atomic E-state index is -3.69. The summed E-state index contributed by atoms with van der Waals surface area (Å²) in [4.78, 5) is 18.2. The van der Waals surface area contributed by atoms with Gasteiger partial charge in [0.05, 0.1) is 16.2 Å². The second kappa shape index (κ2) is 10.5. The van der Waals surface area contributed by atoms with E-state index in [9.17, 15) is 13.2 Å². The smallest absolute Gasteiger partial charge is 0.258 e. The van der Waals surface area contributed by atoms with Crippen molar-refractivity contribution in [2.75, 3.05) is 55.3 Å². The Bertz CT molecular complexity index is 1510. The van der Waals surface area contributed by atoms with E-state index in [-0.39, 0.29) is 10.8 Å². The summed E-state index contributed by atoms with van der Waals surface area (Å²) in [6, 6.07) is 22.7. The maximum absolute atomic E-state index is 13.3. The Morgan fingerprint density at radius 2 is 1.67 bits per heavy atom. The molecule has 0 atom stereocenters. The largest absolute Gasteiger partial charge is 0.369 e. The second-order valence-electron chi connectivity index (χ2n) is 10.5. The number of anilines is 3. The van der Waals surface area contributed by atoms with Crippen LogP contribution in [0.4, 0.5) is 17.1 Å². The lowest BCUT2D eigenvalue weighted by atomic mass is 10.00. The lowest BCUT2D eigenvalue weighted by Gasteiger charge is -2.34. The van der Waals surface area contributed by atoms with E-state index in [0.717, 1.165) is 50.3 Å². The van der Waals surface area contributed by atoms with Gasteiger partial charge in [0.1, 0.15) is 0 Å². The average Bonchev–Trinajstić information content (AvgIpc) is 3.73. The number of amides is 1. The maximum atomic E-state index is 13.3. The van der Waals surface area contributed by atoms with E-state index in [4.69, 9.17) is 0 Å². The Hall–Kier alpha value is -3.66. The van der Waals surface area contributed by atoms with Crippen molar-refractivity contribution in [1.29, 1.82) is 0 Å². The molecule has 0 aromatic heterocycles. The van der Waals surface area contributed by atoms with Crippen molar-refractivity contribution in [1.82, 2.24) is 9.62 Å². The van der Waals surface area contributed by atoms with Gasteiger partial charge in [0.25, 0.3) is 5.91 Å². The van der Waals surface area contributed by atoms with E-state index in [2.05, 4.69) is 44.3 Å². The fraction of sp³-hybridized carbons (Fsp3) is 0.300. The molecule has 1 aliphatic carbocycles. The number of rotatable bonds is 8. The number of carbonyl (C=O) groups excluding carboxylic acids is 1. The number of hydrogen-bond acceptors (Lipinski definition) is 6. The summed E-state index contributed by atoms with van der Waals surface area (Å²) in [6.07, 6.45) is 2.11. The molecule has 6 rings (SSSR count). The van der Waals surface area contributed by atoms with Crippen LogP contribution in [-0.4, -0.2) is 59.0 Å². The zero-order chi connectivity index (χ0) is 27.0. The van der Waals surface area contributed by atoms with Crippen LogP contribution in [0.3, 0.4) is 0 Å². The third kappa shape index (κ3) is 5.56. The van der Waals surface area contributed by atoms with Crippen molar-refractivity contribution in [3.63, 3.8) is 0 Å². The van der Waals surface area contributed by atoms with Gasteiger partial charge in [-0.15, -0.1) is 0 Å². The number of nitrogens with one attached hydrogen (secondary N) is 3. The highest BCUT2D eigenvalue weighted by atomic mass is 32.2. The summed E-state index contributed by atoms with van der Waals surface area (Å²) in [5.41, 5.74) is 5.04. The molecular weight excluding hydrogens is 510 g/mol. The van der Waals surface area contributed by atoms with Gasteiger partial charge < -0.3 is 20.4 Å². The molecule has 3 aromatic rings. The molecule has 1 saturated heterocycles. The van der Waals surface area contributed by atoms with Gasteiger partial charge in [0, 0.05) is 55.3 Å². The van der Waals surface area contributed by atoms with Gasteiger partial charge in [-0.2, -0.15) is 0 Å². The van der Waals surface area contributed by atoms with Gasteiger partial charge in [-0.05, 0) is 73.8 Å². The Balaban J connectivity index is 1.35. The first-order valence-electron chi connectivity index (χ1n) is 13.4. The van der Waals surface area contributed by atoms with Gasteiger partial charge in [0.2, 0.25) is 10.0 Å². The number of sulfonamides is 1. The molecule has 0 radical (unpaired) electrons. The van der Waals surface area contributed by atoms with Gasteiger partial charge in [-0.25, -0.2) is 13.1 Å². The summed E-state index contributed by atoms with van der Waals surface area (Å²) in [5.74, 6) is 0.148. The van der Waals surface area contributed by atoms with Gasteiger partial charge in [0.15, 0.2) is 0 Å². The topological polar surface area (TPSA) is 93.8 Å². The predicted octanol–water partition coefficient (Wildman–Crippen LogP) is 4.06. The van der Waals surface area contributed by atoms with Crippen molar-refractivity contribution in [2.24, 2.45) is 5.92 Å². The molecule has 1 saturated carbocycles. The molecule has 0 spiro atoms. The number of likely N-dealkylation sites (N-methyl/N-ethyl adjacent to an activating group) is 1. The first-order valence-corrected chi connectivity index (χ1v) is 14.9. The maximum Gasteiger partial charge on any atom is 0.258 e. The molecule has 9 heteroatoms. The summed E-state index contributed by atoms with van der Waals surface area (Å²) in [6.45, 7) is 4.49. The third-order valence-electron chi connectivity index (χ3n) is 7.62. The van der Waals surface area contributed by atoms with Crippen LogP contribution in [0.15, 0.2) is 77.7 Å². The molecule has 8 nitrogen and oxygen atoms in total. The normalized spacial score (nSPS) is 19.0. The molecule has 0 unspecified atom stereocenters. The third-order valence-corrected chi connectivity index (χ3v) is 9.04. The van der Waals surface area contributed by atoms with E-state index in [1.54, 1.807) is 18.2 Å². The summed E-state index contributed by atoms with van der Waals surface area (Å²) in [5, 5.41) is 6.39. The quantitative estimate of drug-likeness (QED) is 0.371. The number of nitrogens with zero attached hydrogens (tertiary/aromatic N) is 2. The molecule has 0 bridgehead atoms. The molecule has 202 valence electrons. The average molecular weight is 544 g/mol. The predicted molar refractivity (Wildman–Crippen MR) is 156 cm³/mol. The van der Waals surface area contributed by atoms with Gasteiger partial charge in [-0.1, -0.05) is 30.3 Å². The minimum absolute atomic E-state index is 0.153. The van der Waals surface area contributed by atoms with Crippen molar-refractivity contribution in [3.05, 3.63) is 83.9 Å². The molecular formula is C30H33N5O3S. The van der Waals surface area contributed by atoms with Crippen LogP contribution in [0.1, 0.15) is 24.0 Å². The van der Waals surface area contributed by atoms with Crippen LogP contribution in [0.5, 0.6) is 0 Å². The Kier molecular flexibility index (Phi) is 6.88. The molecule has 39 heavy (non-hydrogen) atoms. The Morgan fingerprint density at radius 1 is 0.949 bits per heavy atom. The van der Waals surface area contributed by atoms with Crippen LogP contribution < -0.4 is 20.3 Å². The number of benzene rings is 3. The molecule has 3 N–H and O–H groups in total. The lowest BCUT2D eigenvalue weighted by molar-refractivity contribution is -0.110. The van der Waals surface area contributed by atoms with Crippen LogP contribution in [0.25, 0.3) is 11.3 Å². The van der Waals surface area contributed by atoms with Crippen LogP contribution >= 0.6 is 0 Å². The summed E-state index contributed by atoms with van der Waals surface area (Å²) in [7, 11) is -1.54. The summed E-state index contributed by atoms with van der Waals surface area (Å²) >= 11 is 0. The Labute approximate surface area is 229 Å². The number of fused-ring (bicyclic) bond motifs is 1. The standard InChI is InChI=1S/C30H33N5O3S/c1-34-15-17-35(18-16-34)24-11-9-23(10-12-24)32-29(22-5-3-2-4-6-22)28-26-19-25(13-14-27(26)33-30(28)36)39(37,38)31-20-21-7-8-21/h2-6,9-14,19,21,31-32H,7-8,15-18,20H2,1H3,(H,33,36)/b29-28-. The van der Waals surface area contributed by atoms with E-state index in [0.29, 0.717) is 35.0 Å². The highest BCUT2D eigenvalue weighted by Gasteiger charge is 2.31. The van der Waals surface area contributed by atoms with E-state index >= 15 is 0 Å². The van der Waals surface area contributed by atoms with Crippen molar-refractivity contribution in [3.8, 4) is 0 Å². The van der Waals surface area contributed by atoms with Crippen molar-refractivity contribution in [2.45, 2.75) is 17.7 Å². The molecule has 2 aliphatic heterocycles. The SMILES string of the molecule is CN1CCN(c2ccc(N/C(=C3\C(=O)Nc4ccc(S(=O)(=O)NCC5CC5)cc43)c3ccccc3)cc2)CC1. The summed E-state index contributed by atoms with van der Waals surface area (Å²) < 4.78 is 28.7. The van der Waals surface area contributed by atoms with Crippen LogP contribution in [-0.2, 0) is 14.8 Å². The van der Waals surface area contributed by atoms with Crippen LogP contribution in [0, 0.1) is 5.92 Å². The zero-order valence-corrected chi connectivity index (χ0v) is 22.8. The molecule has 2 heterocycles. The van der Waals surface area contributed by atoms with Crippen molar-refractivity contribution < 1.29 is 13.2 Å². The fourth-order valence-electron chi connectivity index (χ4n) is 5.04. The number of piperazine rings is 1. The molecule has 2 fully saturated rings. The van der Waals surface area contributed by atoms with Gasteiger partial charge >= 0.3 is 0 Å². The lowest BCUT2D eigenvalue weighted by Crippen LogP contribution is -2.44. The van der Waals surface area contributed by atoms with E-state index in [1.165, 1.54) is 5.69 Å². The van der Waals surface area contributed by atoms with Crippen molar-refractivity contribution >= 4 is 44.3 Å². The number of carbonyl (C=O) groups is 1. The van der Waals surface area contributed by atoms with Gasteiger partial charge in [-0.3, -0.25) is 4.79 Å². The number of hydrogen-bond donors (Lipinski definition) is 3. The monoisotopic (exact) mass is 543 g/mol. The molecule has 3 aromatic carbocycles. The first kappa shape index (κ1) is 25.6. The van der Waals surface area contributed by atoms with E-state index in [1.807, 2.05) is 42.5 Å². The molecule has 1 amide bonds. The highest BCUT2D eigenvalue weighted by Crippen LogP contribution is 2.39. The zero-order valence-electron chi connectivity index (χ0n) is 22.0. The molecule has 3 aliphatic rings. The minimum Gasteiger partial charge on any atom is -0.369 e. The Morgan fingerprint density at radius 3 is 2.36 bits per heavy atom. The first-order chi connectivity index (χ1) is 18.9. The van der Waals surface area contributed by atoms with E-state index < -0.39 is 10.0 Å². The second-order valence-corrected chi connectivity index (χ2v) is 12.3.